The number of hydrogen-bond acceptors (Lipinski definition) is 2. The van der Waals surface area contributed by atoms with Gasteiger partial charge in [-0.25, -0.2) is 0 Å². The molecule has 1 heterocycles. The number of amides is 1. The third-order valence-corrected chi connectivity index (χ3v) is 1.98. The second-order valence-corrected chi connectivity index (χ2v) is 3.54. The molecule has 0 saturated carbocycles. The van der Waals surface area contributed by atoms with Crippen LogP contribution in [0.1, 0.15) is 12.8 Å². The number of nitrogens with zero attached hydrogens (tertiary/aromatic N) is 2. The average Bonchev–Trinajstić information content (AvgIpc) is 2.55. The van der Waals surface area contributed by atoms with Gasteiger partial charge in [0.15, 0.2) is 0 Å². The predicted octanol–water partition coefficient (Wildman–Crippen LogP) is 0.174. The zero-order chi connectivity index (χ0) is 9.68. The van der Waals surface area contributed by atoms with Gasteiger partial charge in [-0.1, -0.05) is 5.92 Å². The molecule has 0 atom stereocenters. The lowest BCUT2D eigenvalue weighted by Gasteiger charge is -2.09. The minimum atomic E-state index is -0.0145. The molecular weight excluding hydrogens is 164 g/mol. The van der Waals surface area contributed by atoms with E-state index in [1.807, 2.05) is 23.9 Å². The number of carbonyl (C=O) groups excluding carboxylic acids is 1. The number of likely N-dealkylation sites (tertiary alicyclic amines) is 1. The summed E-state index contributed by atoms with van der Waals surface area (Å²) in [7, 11) is 3.88. The fraction of sp³-hybridized carbons (Fsp3) is 0.700. The summed E-state index contributed by atoms with van der Waals surface area (Å²) in [6, 6.07) is 0. The first-order valence-electron chi connectivity index (χ1n) is 4.62. The van der Waals surface area contributed by atoms with Crippen LogP contribution in [-0.2, 0) is 4.79 Å². The molecule has 0 unspecified atom stereocenters. The predicted molar refractivity (Wildman–Crippen MR) is 52.1 cm³/mol. The first-order chi connectivity index (χ1) is 6.20. The number of rotatable bonds is 1. The Labute approximate surface area is 79.7 Å². The summed E-state index contributed by atoms with van der Waals surface area (Å²) in [5.41, 5.74) is 0. The number of hydrogen-bond donors (Lipinski definition) is 0. The molecule has 0 aliphatic carbocycles. The third-order valence-electron chi connectivity index (χ3n) is 1.98. The van der Waals surface area contributed by atoms with E-state index in [0.717, 1.165) is 25.9 Å². The second kappa shape index (κ2) is 4.88. The Bertz CT molecular complexity index is 231. The first-order valence-corrected chi connectivity index (χ1v) is 4.62. The lowest BCUT2D eigenvalue weighted by atomic mass is 10.4. The lowest BCUT2D eigenvalue weighted by molar-refractivity contribution is -0.124. The van der Waals surface area contributed by atoms with Crippen molar-refractivity contribution >= 4 is 5.91 Å². The highest BCUT2D eigenvalue weighted by molar-refractivity contribution is 5.93. The minimum Gasteiger partial charge on any atom is -0.332 e. The van der Waals surface area contributed by atoms with Crippen molar-refractivity contribution in [2.24, 2.45) is 0 Å². The fourth-order valence-corrected chi connectivity index (χ4v) is 1.27. The highest BCUT2D eigenvalue weighted by Crippen LogP contribution is 2.06. The van der Waals surface area contributed by atoms with Crippen molar-refractivity contribution in [1.29, 1.82) is 0 Å². The van der Waals surface area contributed by atoms with Gasteiger partial charge in [-0.3, -0.25) is 9.69 Å². The van der Waals surface area contributed by atoms with E-state index in [9.17, 15) is 4.79 Å². The molecule has 0 N–H and O–H groups in total. The van der Waals surface area contributed by atoms with Crippen LogP contribution in [0.25, 0.3) is 0 Å². The van der Waals surface area contributed by atoms with E-state index < -0.39 is 0 Å². The zero-order valence-electron chi connectivity index (χ0n) is 8.34. The van der Waals surface area contributed by atoms with E-state index in [1.54, 1.807) is 0 Å². The summed E-state index contributed by atoms with van der Waals surface area (Å²) in [4.78, 5) is 15.1. The molecule has 72 valence electrons. The normalized spacial score (nSPS) is 15.8. The topological polar surface area (TPSA) is 23.6 Å². The summed E-state index contributed by atoms with van der Waals surface area (Å²) < 4.78 is 0. The van der Waals surface area contributed by atoms with Crippen LogP contribution in [0.4, 0.5) is 0 Å². The fourth-order valence-electron chi connectivity index (χ4n) is 1.27. The van der Waals surface area contributed by atoms with Gasteiger partial charge in [-0.05, 0) is 32.9 Å². The molecule has 0 aromatic heterocycles. The SMILES string of the molecule is CN(C)CC#CC(=O)N1CCCC1. The van der Waals surface area contributed by atoms with Crippen molar-refractivity contribution in [3.8, 4) is 11.8 Å². The Hall–Kier alpha value is -1.01. The smallest absolute Gasteiger partial charge is 0.298 e. The second-order valence-electron chi connectivity index (χ2n) is 3.54. The van der Waals surface area contributed by atoms with Gasteiger partial charge in [0.25, 0.3) is 5.91 Å². The standard InChI is InChI=1S/C10H16N2O/c1-11(2)7-5-6-10(13)12-8-3-4-9-12/h3-4,7-9H2,1-2H3. The molecule has 3 nitrogen and oxygen atoms in total. The van der Waals surface area contributed by atoms with Gasteiger partial charge < -0.3 is 4.90 Å². The highest BCUT2D eigenvalue weighted by Gasteiger charge is 2.15. The first kappa shape index (κ1) is 10.1. The van der Waals surface area contributed by atoms with Crippen molar-refractivity contribution in [2.75, 3.05) is 33.7 Å². The quantitative estimate of drug-likeness (QED) is 0.537. The van der Waals surface area contributed by atoms with E-state index in [2.05, 4.69) is 11.8 Å². The van der Waals surface area contributed by atoms with Crippen LogP contribution < -0.4 is 0 Å². The molecule has 0 aromatic rings. The highest BCUT2D eigenvalue weighted by atomic mass is 16.2. The summed E-state index contributed by atoms with van der Waals surface area (Å²) in [5.74, 6) is 5.48. The van der Waals surface area contributed by atoms with E-state index in [-0.39, 0.29) is 5.91 Å². The molecule has 0 aromatic carbocycles. The maximum atomic E-state index is 11.4. The van der Waals surface area contributed by atoms with Crippen molar-refractivity contribution in [3.63, 3.8) is 0 Å². The van der Waals surface area contributed by atoms with E-state index in [1.165, 1.54) is 0 Å². The monoisotopic (exact) mass is 180 g/mol. The number of carbonyl (C=O) groups is 1. The van der Waals surface area contributed by atoms with Gasteiger partial charge >= 0.3 is 0 Å². The van der Waals surface area contributed by atoms with E-state index in [4.69, 9.17) is 0 Å². The molecule has 1 rings (SSSR count). The molecule has 0 spiro atoms. The molecule has 13 heavy (non-hydrogen) atoms. The third kappa shape index (κ3) is 3.47. The molecule has 1 saturated heterocycles. The van der Waals surface area contributed by atoms with Crippen LogP contribution in [0.3, 0.4) is 0 Å². The Kier molecular flexibility index (Phi) is 3.78. The maximum absolute atomic E-state index is 11.4. The molecule has 0 bridgehead atoms. The summed E-state index contributed by atoms with van der Waals surface area (Å²) >= 11 is 0. The Morgan fingerprint density at radius 1 is 1.38 bits per heavy atom. The van der Waals surface area contributed by atoms with Crippen LogP contribution in [0.15, 0.2) is 0 Å². The Morgan fingerprint density at radius 2 is 2.00 bits per heavy atom. The summed E-state index contributed by atoms with van der Waals surface area (Å²) in [6.45, 7) is 2.42. The molecule has 1 aliphatic heterocycles. The van der Waals surface area contributed by atoms with Gasteiger partial charge in [0, 0.05) is 13.1 Å². The van der Waals surface area contributed by atoms with E-state index >= 15 is 0 Å². The molecule has 0 radical (unpaired) electrons. The van der Waals surface area contributed by atoms with Crippen LogP contribution in [0, 0.1) is 11.8 Å². The van der Waals surface area contributed by atoms with E-state index in [0.29, 0.717) is 6.54 Å². The van der Waals surface area contributed by atoms with Crippen LogP contribution in [-0.4, -0.2) is 49.4 Å². The van der Waals surface area contributed by atoms with Gasteiger partial charge in [-0.2, -0.15) is 0 Å². The maximum Gasteiger partial charge on any atom is 0.298 e. The molecule has 1 aliphatic rings. The van der Waals surface area contributed by atoms with Gasteiger partial charge in [0.1, 0.15) is 0 Å². The average molecular weight is 180 g/mol. The van der Waals surface area contributed by atoms with Crippen LogP contribution >= 0.6 is 0 Å². The Morgan fingerprint density at radius 3 is 2.54 bits per heavy atom. The summed E-state index contributed by atoms with van der Waals surface area (Å²) in [6.07, 6.45) is 2.25. The van der Waals surface area contributed by atoms with Gasteiger partial charge in [0.05, 0.1) is 6.54 Å². The Balaban J connectivity index is 2.33. The van der Waals surface area contributed by atoms with Gasteiger partial charge in [-0.15, -0.1) is 0 Å². The molecule has 1 amide bonds. The van der Waals surface area contributed by atoms with Crippen molar-refractivity contribution in [1.82, 2.24) is 9.80 Å². The lowest BCUT2D eigenvalue weighted by Crippen LogP contribution is -2.26. The molecule has 3 heteroatoms. The van der Waals surface area contributed by atoms with Crippen LogP contribution in [0.2, 0.25) is 0 Å². The molecule has 1 fully saturated rings. The van der Waals surface area contributed by atoms with Crippen molar-refractivity contribution in [3.05, 3.63) is 0 Å². The minimum absolute atomic E-state index is 0.0145. The summed E-state index contributed by atoms with van der Waals surface area (Å²) in [5, 5.41) is 0. The zero-order valence-corrected chi connectivity index (χ0v) is 8.34. The van der Waals surface area contributed by atoms with Crippen molar-refractivity contribution in [2.45, 2.75) is 12.8 Å². The molecular formula is C10H16N2O. The van der Waals surface area contributed by atoms with Gasteiger partial charge in [0.2, 0.25) is 0 Å². The van der Waals surface area contributed by atoms with Crippen molar-refractivity contribution < 1.29 is 4.79 Å². The largest absolute Gasteiger partial charge is 0.332 e. The van der Waals surface area contributed by atoms with Crippen LogP contribution in [0.5, 0.6) is 0 Å².